The van der Waals surface area contributed by atoms with Crippen LogP contribution in [0.15, 0.2) is 42.1 Å². The van der Waals surface area contributed by atoms with E-state index in [9.17, 15) is 4.79 Å². The number of hydrogen-bond donors (Lipinski definition) is 0. The Labute approximate surface area is 150 Å². The molecule has 0 saturated heterocycles. The Bertz CT molecular complexity index is 499. The van der Waals surface area contributed by atoms with Crippen LogP contribution in [0.3, 0.4) is 0 Å². The molecule has 1 atom stereocenters. The number of carbonyl (C=O) groups excluding carboxylic acids is 1. The Balaban J connectivity index is 2.79. The lowest BCUT2D eigenvalue weighted by Crippen LogP contribution is -2.32. The molecule has 0 aliphatic carbocycles. The minimum atomic E-state index is -1.94. The molecule has 24 heavy (non-hydrogen) atoms. The van der Waals surface area contributed by atoms with Crippen molar-refractivity contribution in [1.82, 2.24) is 0 Å². The van der Waals surface area contributed by atoms with E-state index in [4.69, 9.17) is 4.43 Å². The second-order valence-electron chi connectivity index (χ2n) is 7.19. The summed E-state index contributed by atoms with van der Waals surface area (Å²) in [5.41, 5.74) is 3.43. The van der Waals surface area contributed by atoms with Crippen molar-refractivity contribution in [2.24, 2.45) is 0 Å². The van der Waals surface area contributed by atoms with Crippen LogP contribution in [0.5, 0.6) is 0 Å². The first-order valence-electron chi connectivity index (χ1n) is 9.26. The second kappa shape index (κ2) is 10.1. The number of allylic oxidation sites excluding steroid dienone is 1. The van der Waals surface area contributed by atoms with Gasteiger partial charge in [0.05, 0.1) is 14.2 Å². The summed E-state index contributed by atoms with van der Waals surface area (Å²) in [6.07, 6.45) is 3.65. The zero-order valence-corrected chi connectivity index (χ0v) is 18.0. The molecular weight excluding hydrogens is 328 g/mol. The van der Waals surface area contributed by atoms with E-state index in [1.807, 2.05) is 30.3 Å². The maximum Gasteiger partial charge on any atom is 0.211 e. The third kappa shape index (κ3) is 6.50. The summed E-state index contributed by atoms with van der Waals surface area (Å²) in [5.74, 6) is 0. The van der Waals surface area contributed by atoms with Gasteiger partial charge in [-0.25, -0.2) is 0 Å². The number of rotatable bonds is 11. The molecule has 0 spiro atoms. The highest BCUT2D eigenvalue weighted by atomic mass is 28.4. The van der Waals surface area contributed by atoms with Crippen LogP contribution in [0.2, 0.25) is 37.3 Å². The third-order valence-electron chi connectivity index (χ3n) is 5.25. The molecular formula is C20H34O2Si2. The fraction of sp³-hybridized carbons (Fsp3) is 0.550. The Hall–Kier alpha value is -0.976. The molecule has 1 aromatic rings. The summed E-state index contributed by atoms with van der Waals surface area (Å²) in [5, 5.41) is 0. The number of carbonyl (C=O) groups is 1. The van der Waals surface area contributed by atoms with Crippen LogP contribution >= 0.6 is 0 Å². The molecule has 0 aromatic heterocycles. The van der Waals surface area contributed by atoms with E-state index in [2.05, 4.69) is 45.6 Å². The van der Waals surface area contributed by atoms with Gasteiger partial charge in [0.1, 0.15) is 6.29 Å². The van der Waals surface area contributed by atoms with Crippen molar-refractivity contribution in [2.75, 3.05) is 0 Å². The Morgan fingerprint density at radius 2 is 1.62 bits per heavy atom. The average molecular weight is 363 g/mol. The van der Waals surface area contributed by atoms with Crippen molar-refractivity contribution in [3.8, 4) is 0 Å². The zero-order chi connectivity index (χ0) is 18.1. The van der Waals surface area contributed by atoms with Gasteiger partial charge >= 0.3 is 0 Å². The summed E-state index contributed by atoms with van der Waals surface area (Å²) < 4.78 is 6.42. The molecule has 2 nitrogen and oxygen atoms in total. The monoisotopic (exact) mass is 362 g/mol. The van der Waals surface area contributed by atoms with Crippen LogP contribution in [0, 0.1) is 0 Å². The van der Waals surface area contributed by atoms with E-state index in [1.165, 1.54) is 24.2 Å². The average Bonchev–Trinajstić information content (AvgIpc) is 2.59. The van der Waals surface area contributed by atoms with Crippen molar-refractivity contribution in [3.63, 3.8) is 0 Å². The lowest BCUT2D eigenvalue weighted by Gasteiger charge is -2.28. The topological polar surface area (TPSA) is 26.3 Å². The number of hydrogen-bond acceptors (Lipinski definition) is 2. The summed E-state index contributed by atoms with van der Waals surface area (Å²) in [6.45, 7) is 11.5. The quantitative estimate of drug-likeness (QED) is 0.349. The molecule has 1 aromatic carbocycles. The van der Waals surface area contributed by atoms with Gasteiger partial charge in [-0.05, 0) is 24.7 Å². The molecule has 1 rings (SSSR count). The molecule has 0 bridgehead atoms. The Kier molecular flexibility index (Phi) is 8.88. The molecule has 0 amide bonds. The van der Waals surface area contributed by atoms with Gasteiger partial charge in [0.15, 0.2) is 0 Å². The van der Waals surface area contributed by atoms with E-state index in [-0.39, 0.29) is 6.10 Å². The van der Waals surface area contributed by atoms with E-state index in [1.54, 1.807) is 0 Å². The first-order chi connectivity index (χ1) is 11.4. The van der Waals surface area contributed by atoms with Crippen LogP contribution in [0.1, 0.15) is 38.9 Å². The molecule has 1 unspecified atom stereocenters. The number of benzene rings is 1. The molecule has 0 aliphatic rings. The lowest BCUT2D eigenvalue weighted by atomic mass is 10.1. The van der Waals surface area contributed by atoms with Gasteiger partial charge in [-0.15, -0.1) is 0 Å². The minimum Gasteiger partial charge on any atom is -0.406 e. The summed E-state index contributed by atoms with van der Waals surface area (Å²) in [6, 6.07) is 15.4. The summed E-state index contributed by atoms with van der Waals surface area (Å²) in [7, 11) is -3.05. The summed E-state index contributed by atoms with van der Waals surface area (Å²) in [4.78, 5) is 11.1. The highest BCUT2D eigenvalue weighted by molar-refractivity contribution is 6.80. The fourth-order valence-corrected chi connectivity index (χ4v) is 8.14. The molecule has 0 fully saturated rings. The predicted molar refractivity (Wildman–Crippen MR) is 110 cm³/mol. The molecule has 0 saturated carbocycles. The maximum atomic E-state index is 11.1. The van der Waals surface area contributed by atoms with Crippen LogP contribution in [-0.2, 0) is 9.22 Å². The predicted octanol–water partition coefficient (Wildman–Crippen LogP) is 6.14. The lowest BCUT2D eigenvalue weighted by molar-refractivity contribution is -0.109. The van der Waals surface area contributed by atoms with Crippen LogP contribution in [-0.4, -0.2) is 22.7 Å². The highest BCUT2D eigenvalue weighted by Gasteiger charge is 2.27. The van der Waals surface area contributed by atoms with Gasteiger partial charge in [0.2, 0.25) is 8.32 Å². The largest absolute Gasteiger partial charge is 0.406 e. The Morgan fingerprint density at radius 3 is 2.12 bits per heavy atom. The smallest absolute Gasteiger partial charge is 0.211 e. The van der Waals surface area contributed by atoms with E-state index in [0.717, 1.165) is 11.8 Å². The first kappa shape index (κ1) is 21.1. The fourth-order valence-electron chi connectivity index (χ4n) is 3.19. The van der Waals surface area contributed by atoms with Crippen LogP contribution in [0.4, 0.5) is 0 Å². The van der Waals surface area contributed by atoms with Crippen molar-refractivity contribution < 1.29 is 9.22 Å². The van der Waals surface area contributed by atoms with Crippen LogP contribution in [0.25, 0.3) is 0 Å². The van der Waals surface area contributed by atoms with Gasteiger partial charge in [-0.1, -0.05) is 81.0 Å². The molecule has 134 valence electrons. The van der Waals surface area contributed by atoms with E-state index >= 15 is 0 Å². The summed E-state index contributed by atoms with van der Waals surface area (Å²) >= 11 is 0. The highest BCUT2D eigenvalue weighted by Crippen LogP contribution is 2.28. The maximum absolute atomic E-state index is 11.1. The van der Waals surface area contributed by atoms with Gasteiger partial charge in [0, 0.05) is 6.42 Å². The van der Waals surface area contributed by atoms with Crippen molar-refractivity contribution >= 4 is 22.7 Å². The van der Waals surface area contributed by atoms with E-state index in [0.29, 0.717) is 6.42 Å². The van der Waals surface area contributed by atoms with Gasteiger partial charge in [-0.3, -0.25) is 0 Å². The Morgan fingerprint density at radius 1 is 1.04 bits per heavy atom. The SMILES string of the molecule is CC[Si](CC)(CC)C/C=C/[Si](C)(C)OC(CC=O)c1ccccc1. The zero-order valence-electron chi connectivity index (χ0n) is 16.0. The molecule has 0 aliphatic heterocycles. The van der Waals surface area contributed by atoms with Crippen molar-refractivity contribution in [3.05, 3.63) is 47.7 Å². The molecule has 4 heteroatoms. The molecule has 0 radical (unpaired) electrons. The standard InChI is InChI=1S/C20H34O2Si2/c1-6-24(7-2,8-3)18-12-17-23(4,5)22-20(15-16-21)19-13-10-9-11-14-19/h9-14,16-17,20H,6-8,15,18H2,1-5H3/b17-12+. The van der Waals surface area contributed by atoms with E-state index < -0.39 is 16.4 Å². The minimum absolute atomic E-state index is 0.124. The van der Waals surface area contributed by atoms with Crippen molar-refractivity contribution in [1.29, 1.82) is 0 Å². The number of aldehydes is 1. The molecule has 0 N–H and O–H groups in total. The van der Waals surface area contributed by atoms with Crippen molar-refractivity contribution in [2.45, 2.75) is 70.6 Å². The molecule has 0 heterocycles. The third-order valence-corrected chi connectivity index (χ3v) is 12.8. The van der Waals surface area contributed by atoms with Gasteiger partial charge in [0.25, 0.3) is 0 Å². The van der Waals surface area contributed by atoms with Gasteiger partial charge < -0.3 is 9.22 Å². The first-order valence-corrected chi connectivity index (χ1v) is 15.1. The second-order valence-corrected chi connectivity index (χ2v) is 16.5. The van der Waals surface area contributed by atoms with Gasteiger partial charge in [-0.2, -0.15) is 0 Å². The van der Waals surface area contributed by atoms with Crippen LogP contribution < -0.4 is 0 Å². The normalized spacial score (nSPS) is 14.0.